The molecule has 0 aliphatic carbocycles. The lowest BCUT2D eigenvalue weighted by molar-refractivity contribution is -0.124. The number of hydrogen-bond donors (Lipinski definition) is 1. The molecule has 3 rings (SSSR count). The standard InChI is InChI=1S/C19H21Cl2N3O2S/c1-12-11-27-17(23-12)5-2-8-22-18(25)16-4-3-9-24(16)19(26)14-10-13(20)6-7-15(14)21/h6-7,10-11,16H,2-5,8-9H2,1H3,(H,22,25). The average Bonchev–Trinajstić information content (AvgIpc) is 3.29. The zero-order valence-electron chi connectivity index (χ0n) is 15.0. The maximum Gasteiger partial charge on any atom is 0.256 e. The Kier molecular flexibility index (Phi) is 6.73. The summed E-state index contributed by atoms with van der Waals surface area (Å²) in [5.74, 6) is -0.368. The summed E-state index contributed by atoms with van der Waals surface area (Å²) in [5, 5.41) is 6.84. The fourth-order valence-corrected chi connectivity index (χ4v) is 4.37. The number of nitrogens with one attached hydrogen (secondary N) is 1. The van der Waals surface area contributed by atoms with Gasteiger partial charge in [-0.25, -0.2) is 4.98 Å². The summed E-state index contributed by atoms with van der Waals surface area (Å²) in [5.41, 5.74) is 1.36. The van der Waals surface area contributed by atoms with Crippen molar-refractivity contribution in [3.63, 3.8) is 0 Å². The van der Waals surface area contributed by atoms with Crippen LogP contribution in [-0.4, -0.2) is 40.8 Å². The van der Waals surface area contributed by atoms with Gasteiger partial charge in [-0.15, -0.1) is 11.3 Å². The Bertz CT molecular complexity index is 840. The third-order valence-electron chi connectivity index (χ3n) is 4.51. The van der Waals surface area contributed by atoms with Gasteiger partial charge in [-0.05, 0) is 44.4 Å². The molecule has 1 unspecified atom stereocenters. The minimum Gasteiger partial charge on any atom is -0.354 e. The summed E-state index contributed by atoms with van der Waals surface area (Å²) in [6, 6.07) is 4.33. The number of carbonyl (C=O) groups excluding carboxylic acids is 2. The summed E-state index contributed by atoms with van der Waals surface area (Å²) in [6.45, 7) is 3.08. The predicted octanol–water partition coefficient (Wildman–Crippen LogP) is 4.11. The van der Waals surface area contributed by atoms with E-state index >= 15 is 0 Å². The van der Waals surface area contributed by atoms with E-state index in [0.29, 0.717) is 35.1 Å². The summed E-state index contributed by atoms with van der Waals surface area (Å²) in [6.07, 6.45) is 3.10. The molecule has 2 heterocycles. The zero-order chi connectivity index (χ0) is 19.4. The Labute approximate surface area is 172 Å². The Morgan fingerprint density at radius 1 is 1.37 bits per heavy atom. The van der Waals surface area contributed by atoms with Gasteiger partial charge in [0.05, 0.1) is 15.6 Å². The third kappa shape index (κ3) is 5.00. The molecule has 1 aromatic carbocycles. The highest BCUT2D eigenvalue weighted by Gasteiger charge is 2.35. The van der Waals surface area contributed by atoms with Gasteiger partial charge in [0.25, 0.3) is 5.91 Å². The molecule has 1 aliphatic rings. The number of hydrogen-bond acceptors (Lipinski definition) is 4. The number of benzene rings is 1. The van der Waals surface area contributed by atoms with Gasteiger partial charge in [0.1, 0.15) is 6.04 Å². The Balaban J connectivity index is 1.56. The molecule has 2 aromatic rings. The molecule has 2 amide bonds. The van der Waals surface area contributed by atoms with Gasteiger partial charge >= 0.3 is 0 Å². The van der Waals surface area contributed by atoms with Crippen molar-refractivity contribution in [3.8, 4) is 0 Å². The lowest BCUT2D eigenvalue weighted by Crippen LogP contribution is -2.46. The molecule has 0 saturated carbocycles. The van der Waals surface area contributed by atoms with E-state index in [9.17, 15) is 9.59 Å². The van der Waals surface area contributed by atoms with E-state index in [1.54, 1.807) is 34.4 Å². The van der Waals surface area contributed by atoms with Crippen molar-refractivity contribution in [3.05, 3.63) is 49.9 Å². The summed E-state index contributed by atoms with van der Waals surface area (Å²) in [4.78, 5) is 31.4. The minimum atomic E-state index is -0.463. The van der Waals surface area contributed by atoms with Gasteiger partial charge < -0.3 is 10.2 Å². The van der Waals surface area contributed by atoms with Crippen LogP contribution in [0.5, 0.6) is 0 Å². The van der Waals surface area contributed by atoms with Crippen LogP contribution in [0.3, 0.4) is 0 Å². The van der Waals surface area contributed by atoms with Gasteiger partial charge in [-0.2, -0.15) is 0 Å². The molecule has 1 atom stereocenters. The van der Waals surface area contributed by atoms with E-state index in [2.05, 4.69) is 10.3 Å². The van der Waals surface area contributed by atoms with E-state index in [1.165, 1.54) is 0 Å². The van der Waals surface area contributed by atoms with E-state index in [0.717, 1.165) is 30.0 Å². The van der Waals surface area contributed by atoms with E-state index in [4.69, 9.17) is 23.2 Å². The van der Waals surface area contributed by atoms with E-state index < -0.39 is 6.04 Å². The number of likely N-dealkylation sites (tertiary alicyclic amines) is 1. The Hall–Kier alpha value is -1.63. The fourth-order valence-electron chi connectivity index (χ4n) is 3.19. The summed E-state index contributed by atoms with van der Waals surface area (Å²) < 4.78 is 0. The number of nitrogens with zero attached hydrogens (tertiary/aromatic N) is 2. The lowest BCUT2D eigenvalue weighted by Gasteiger charge is -2.24. The molecule has 0 radical (unpaired) electrons. The molecule has 144 valence electrons. The molecule has 8 heteroatoms. The molecule has 1 saturated heterocycles. The predicted molar refractivity (Wildman–Crippen MR) is 109 cm³/mol. The van der Waals surface area contributed by atoms with Crippen molar-refractivity contribution in [1.29, 1.82) is 0 Å². The van der Waals surface area contributed by atoms with Crippen molar-refractivity contribution < 1.29 is 9.59 Å². The van der Waals surface area contributed by atoms with Crippen LogP contribution in [0.25, 0.3) is 0 Å². The van der Waals surface area contributed by atoms with Gasteiger partial charge in [0.2, 0.25) is 5.91 Å². The van der Waals surface area contributed by atoms with Gasteiger partial charge in [-0.3, -0.25) is 9.59 Å². The van der Waals surface area contributed by atoms with Gasteiger partial charge in [-0.1, -0.05) is 23.2 Å². The first-order valence-corrected chi connectivity index (χ1v) is 10.5. The number of carbonyl (C=O) groups is 2. The molecule has 27 heavy (non-hydrogen) atoms. The SMILES string of the molecule is Cc1csc(CCCNC(=O)C2CCCN2C(=O)c2cc(Cl)ccc2Cl)n1. The number of rotatable bonds is 6. The van der Waals surface area contributed by atoms with Crippen molar-refractivity contribution in [2.45, 2.75) is 38.6 Å². The quantitative estimate of drug-likeness (QED) is 0.708. The molecule has 0 spiro atoms. The van der Waals surface area contributed by atoms with Crippen LogP contribution in [0.2, 0.25) is 10.0 Å². The van der Waals surface area contributed by atoms with Gasteiger partial charge in [0, 0.05) is 35.6 Å². The van der Waals surface area contributed by atoms with E-state index in [-0.39, 0.29) is 11.8 Å². The van der Waals surface area contributed by atoms with Gasteiger partial charge in [0.15, 0.2) is 0 Å². The van der Waals surface area contributed by atoms with Crippen molar-refractivity contribution in [1.82, 2.24) is 15.2 Å². The second-order valence-corrected chi connectivity index (χ2v) is 8.34. The topological polar surface area (TPSA) is 62.3 Å². The second kappa shape index (κ2) is 9.04. The highest BCUT2D eigenvalue weighted by Crippen LogP contribution is 2.26. The normalized spacial score (nSPS) is 16.6. The van der Waals surface area contributed by atoms with Crippen LogP contribution >= 0.6 is 34.5 Å². The number of thiazole rings is 1. The molecule has 1 N–H and O–H groups in total. The smallest absolute Gasteiger partial charge is 0.256 e. The number of aromatic nitrogens is 1. The average molecular weight is 426 g/mol. The Morgan fingerprint density at radius 3 is 2.93 bits per heavy atom. The zero-order valence-corrected chi connectivity index (χ0v) is 17.3. The fraction of sp³-hybridized carbons (Fsp3) is 0.421. The van der Waals surface area contributed by atoms with Crippen LogP contribution in [0.15, 0.2) is 23.6 Å². The lowest BCUT2D eigenvalue weighted by atomic mass is 10.1. The number of aryl methyl sites for hydroxylation is 2. The van der Waals surface area contributed by atoms with Crippen molar-refractivity contribution >= 4 is 46.4 Å². The Morgan fingerprint density at radius 2 is 2.19 bits per heavy atom. The van der Waals surface area contributed by atoms with E-state index in [1.807, 2.05) is 12.3 Å². The molecule has 1 fully saturated rings. The summed E-state index contributed by atoms with van der Waals surface area (Å²) in [7, 11) is 0. The molecular weight excluding hydrogens is 405 g/mol. The first kappa shape index (κ1) is 20.1. The third-order valence-corrected chi connectivity index (χ3v) is 6.10. The van der Waals surface area contributed by atoms with Crippen LogP contribution < -0.4 is 5.32 Å². The van der Waals surface area contributed by atoms with Crippen molar-refractivity contribution in [2.75, 3.05) is 13.1 Å². The maximum atomic E-state index is 12.8. The van der Waals surface area contributed by atoms with Crippen LogP contribution in [-0.2, 0) is 11.2 Å². The molecule has 1 aliphatic heterocycles. The molecule has 0 bridgehead atoms. The largest absolute Gasteiger partial charge is 0.354 e. The molecular formula is C19H21Cl2N3O2S. The summed E-state index contributed by atoms with van der Waals surface area (Å²) >= 11 is 13.8. The molecule has 5 nitrogen and oxygen atoms in total. The first-order valence-electron chi connectivity index (χ1n) is 8.90. The van der Waals surface area contributed by atoms with Crippen LogP contribution in [0.4, 0.5) is 0 Å². The highest BCUT2D eigenvalue weighted by molar-refractivity contribution is 7.09. The second-order valence-electron chi connectivity index (χ2n) is 6.56. The number of halogens is 2. The van der Waals surface area contributed by atoms with Crippen molar-refractivity contribution in [2.24, 2.45) is 0 Å². The maximum absolute atomic E-state index is 12.8. The monoisotopic (exact) mass is 425 g/mol. The highest BCUT2D eigenvalue weighted by atomic mass is 35.5. The minimum absolute atomic E-state index is 0.116. The number of amides is 2. The first-order chi connectivity index (χ1) is 13.0. The van der Waals surface area contributed by atoms with Crippen LogP contribution in [0.1, 0.15) is 40.3 Å². The van der Waals surface area contributed by atoms with Crippen LogP contribution in [0, 0.1) is 6.92 Å². The molecule has 1 aromatic heterocycles.